The summed E-state index contributed by atoms with van der Waals surface area (Å²) in [4.78, 5) is 16.4. The Morgan fingerprint density at radius 1 is 1.20 bits per heavy atom. The summed E-state index contributed by atoms with van der Waals surface area (Å²) in [6.45, 7) is 0. The predicted octanol–water partition coefficient (Wildman–Crippen LogP) is 2.60. The number of pyridine rings is 1. The number of methoxy groups -OCH3 is 1. The van der Waals surface area contributed by atoms with Crippen LogP contribution in [-0.4, -0.2) is 22.4 Å². The maximum Gasteiger partial charge on any atom is 0.256 e. The highest BCUT2D eigenvalue weighted by molar-refractivity contribution is 6.03. The molecule has 2 aromatic heterocycles. The van der Waals surface area contributed by atoms with E-state index in [1.165, 1.54) is 0 Å². The molecule has 0 bridgehead atoms. The third-order valence-electron chi connectivity index (χ3n) is 2.96. The number of nitrogens with one attached hydrogen (secondary N) is 1. The fourth-order valence-corrected chi connectivity index (χ4v) is 1.93. The van der Waals surface area contributed by atoms with Crippen molar-refractivity contribution in [1.29, 1.82) is 0 Å². The molecule has 0 aliphatic heterocycles. The van der Waals surface area contributed by atoms with Crippen LogP contribution in [0.2, 0.25) is 0 Å². The van der Waals surface area contributed by atoms with Gasteiger partial charge in [0, 0.05) is 11.8 Å². The molecule has 5 nitrogen and oxygen atoms in total. The first kappa shape index (κ1) is 12.2. The summed E-state index contributed by atoms with van der Waals surface area (Å²) in [5.74, 6) is 1.04. The van der Waals surface area contributed by atoms with Crippen molar-refractivity contribution >= 4 is 17.4 Å². The highest BCUT2D eigenvalue weighted by Gasteiger charge is 2.08. The van der Waals surface area contributed by atoms with Gasteiger partial charge in [0.15, 0.2) is 5.82 Å². The molecule has 1 amide bonds. The molecule has 0 radical (unpaired) electrons. The number of anilines is 1. The molecule has 2 heterocycles. The topological polar surface area (TPSA) is 55.6 Å². The Kier molecular flexibility index (Phi) is 3.09. The van der Waals surface area contributed by atoms with Crippen molar-refractivity contribution in [3.8, 4) is 5.75 Å². The van der Waals surface area contributed by atoms with Crippen LogP contribution in [0.5, 0.6) is 5.75 Å². The molecule has 0 atom stereocenters. The Hall–Kier alpha value is -2.82. The fraction of sp³-hybridized carbons (Fsp3) is 0.0667. The summed E-state index contributed by atoms with van der Waals surface area (Å²) in [5, 5.41) is 2.77. The van der Waals surface area contributed by atoms with Gasteiger partial charge < -0.3 is 14.5 Å². The summed E-state index contributed by atoms with van der Waals surface area (Å²) >= 11 is 0. The van der Waals surface area contributed by atoms with Crippen molar-refractivity contribution < 1.29 is 9.53 Å². The summed E-state index contributed by atoms with van der Waals surface area (Å²) in [5.41, 5.74) is 1.35. The normalized spacial score (nSPS) is 10.4. The molecule has 0 aliphatic rings. The number of hydrogen-bond donors (Lipinski definition) is 1. The van der Waals surface area contributed by atoms with Gasteiger partial charge in [0.05, 0.1) is 13.3 Å². The van der Waals surface area contributed by atoms with E-state index in [0.29, 0.717) is 17.1 Å². The second kappa shape index (κ2) is 5.05. The van der Waals surface area contributed by atoms with Gasteiger partial charge in [0.25, 0.3) is 5.91 Å². The molecule has 100 valence electrons. The zero-order chi connectivity index (χ0) is 13.9. The average Bonchev–Trinajstić information content (AvgIpc) is 2.89. The molecule has 1 aromatic carbocycles. The predicted molar refractivity (Wildman–Crippen MR) is 76.1 cm³/mol. The van der Waals surface area contributed by atoms with E-state index in [-0.39, 0.29) is 5.91 Å². The maximum absolute atomic E-state index is 12.1. The molecule has 0 spiro atoms. The number of carbonyl (C=O) groups excluding carboxylic acids is 1. The Bertz CT molecular complexity index is 714. The fourth-order valence-electron chi connectivity index (χ4n) is 1.93. The molecule has 0 aliphatic carbocycles. The molecule has 0 unspecified atom stereocenters. The van der Waals surface area contributed by atoms with Crippen LogP contribution in [0.15, 0.2) is 54.9 Å². The molecule has 0 saturated heterocycles. The number of nitrogens with zero attached hydrogens (tertiary/aromatic N) is 2. The van der Waals surface area contributed by atoms with Gasteiger partial charge in [-0.3, -0.25) is 4.79 Å². The third-order valence-corrected chi connectivity index (χ3v) is 2.96. The summed E-state index contributed by atoms with van der Waals surface area (Å²) in [6.07, 6.45) is 3.65. The van der Waals surface area contributed by atoms with Crippen molar-refractivity contribution in [1.82, 2.24) is 9.38 Å². The lowest BCUT2D eigenvalue weighted by Gasteiger charge is -2.03. The van der Waals surface area contributed by atoms with Crippen molar-refractivity contribution in [2.75, 3.05) is 12.4 Å². The van der Waals surface area contributed by atoms with E-state index >= 15 is 0 Å². The van der Waals surface area contributed by atoms with E-state index in [2.05, 4.69) is 10.3 Å². The number of rotatable bonds is 3. The third kappa shape index (κ3) is 2.33. The Morgan fingerprint density at radius 2 is 2.00 bits per heavy atom. The van der Waals surface area contributed by atoms with E-state index in [0.717, 1.165) is 5.65 Å². The van der Waals surface area contributed by atoms with Crippen LogP contribution >= 0.6 is 0 Å². The van der Waals surface area contributed by atoms with Crippen molar-refractivity contribution in [2.24, 2.45) is 0 Å². The molecule has 0 saturated carbocycles. The highest BCUT2D eigenvalue weighted by Crippen LogP contribution is 2.14. The second-order valence-electron chi connectivity index (χ2n) is 4.27. The SMILES string of the molecule is COc1ccc(C(=O)Nc2cn3ccccc3n2)cc1. The number of amides is 1. The van der Waals surface area contributed by atoms with Crippen molar-refractivity contribution in [3.63, 3.8) is 0 Å². The number of ether oxygens (including phenoxy) is 1. The van der Waals surface area contributed by atoms with Gasteiger partial charge in [-0.05, 0) is 36.4 Å². The van der Waals surface area contributed by atoms with Crippen LogP contribution in [0.25, 0.3) is 5.65 Å². The lowest BCUT2D eigenvalue weighted by molar-refractivity contribution is 0.102. The first-order valence-electron chi connectivity index (χ1n) is 6.15. The van der Waals surface area contributed by atoms with E-state index in [1.807, 2.05) is 28.8 Å². The largest absolute Gasteiger partial charge is 0.497 e. The minimum Gasteiger partial charge on any atom is -0.497 e. The van der Waals surface area contributed by atoms with Crippen molar-refractivity contribution in [2.45, 2.75) is 0 Å². The van der Waals surface area contributed by atoms with Crippen LogP contribution in [-0.2, 0) is 0 Å². The number of fused-ring (bicyclic) bond motifs is 1. The van der Waals surface area contributed by atoms with Gasteiger partial charge in [-0.15, -0.1) is 0 Å². The maximum atomic E-state index is 12.1. The number of carbonyl (C=O) groups is 1. The summed E-state index contributed by atoms with van der Waals surface area (Å²) in [7, 11) is 1.59. The Labute approximate surface area is 115 Å². The lowest BCUT2D eigenvalue weighted by Crippen LogP contribution is -2.11. The standard InChI is InChI=1S/C15H13N3O2/c1-20-12-7-5-11(6-8-12)15(19)17-13-10-18-9-3-2-4-14(18)16-13/h2-10H,1H3,(H,17,19). The average molecular weight is 267 g/mol. The van der Waals surface area contributed by atoms with Gasteiger partial charge in [0.1, 0.15) is 11.4 Å². The van der Waals surface area contributed by atoms with Crippen LogP contribution in [0.4, 0.5) is 5.82 Å². The highest BCUT2D eigenvalue weighted by atomic mass is 16.5. The van der Waals surface area contributed by atoms with Gasteiger partial charge in [0.2, 0.25) is 0 Å². The summed E-state index contributed by atoms with van der Waals surface area (Å²) < 4.78 is 6.91. The van der Waals surface area contributed by atoms with Crippen molar-refractivity contribution in [3.05, 3.63) is 60.4 Å². The lowest BCUT2D eigenvalue weighted by atomic mass is 10.2. The Morgan fingerprint density at radius 3 is 2.70 bits per heavy atom. The van der Waals surface area contributed by atoms with E-state index in [9.17, 15) is 4.79 Å². The van der Waals surface area contributed by atoms with Gasteiger partial charge in [-0.1, -0.05) is 6.07 Å². The molecule has 1 N–H and O–H groups in total. The number of aromatic nitrogens is 2. The van der Waals surface area contributed by atoms with E-state index in [1.54, 1.807) is 37.6 Å². The quantitative estimate of drug-likeness (QED) is 0.793. The minimum atomic E-state index is -0.198. The second-order valence-corrected chi connectivity index (χ2v) is 4.27. The first-order chi connectivity index (χ1) is 9.76. The minimum absolute atomic E-state index is 0.198. The number of benzene rings is 1. The molecular weight excluding hydrogens is 254 g/mol. The van der Waals surface area contributed by atoms with E-state index < -0.39 is 0 Å². The van der Waals surface area contributed by atoms with Gasteiger partial charge in [-0.25, -0.2) is 4.98 Å². The van der Waals surface area contributed by atoms with Crippen LogP contribution in [0, 0.1) is 0 Å². The first-order valence-corrected chi connectivity index (χ1v) is 6.15. The smallest absolute Gasteiger partial charge is 0.256 e. The van der Waals surface area contributed by atoms with Crippen LogP contribution < -0.4 is 10.1 Å². The Balaban J connectivity index is 1.80. The molecule has 3 aromatic rings. The number of hydrogen-bond acceptors (Lipinski definition) is 3. The molecule has 3 rings (SSSR count). The van der Waals surface area contributed by atoms with Gasteiger partial charge in [-0.2, -0.15) is 0 Å². The van der Waals surface area contributed by atoms with Crippen LogP contribution in [0.3, 0.4) is 0 Å². The summed E-state index contributed by atoms with van der Waals surface area (Å²) in [6, 6.07) is 12.6. The van der Waals surface area contributed by atoms with E-state index in [4.69, 9.17) is 4.74 Å². The molecular formula is C15H13N3O2. The molecule has 0 fully saturated rings. The molecule has 20 heavy (non-hydrogen) atoms. The molecule has 5 heteroatoms. The zero-order valence-electron chi connectivity index (χ0n) is 10.9. The zero-order valence-corrected chi connectivity index (χ0v) is 10.9. The van der Waals surface area contributed by atoms with Gasteiger partial charge >= 0.3 is 0 Å². The monoisotopic (exact) mass is 267 g/mol. The number of imidazole rings is 1. The van der Waals surface area contributed by atoms with Crippen LogP contribution in [0.1, 0.15) is 10.4 Å².